The molecule has 1 unspecified atom stereocenters. The highest BCUT2D eigenvalue weighted by Gasteiger charge is 2.42. The first-order chi connectivity index (χ1) is 10.1. The van der Waals surface area contributed by atoms with E-state index in [-0.39, 0.29) is 5.54 Å². The average molecular weight is 308 g/mol. The summed E-state index contributed by atoms with van der Waals surface area (Å²) in [4.78, 5) is 0. The van der Waals surface area contributed by atoms with Gasteiger partial charge in [-0.1, -0.05) is 53.2 Å². The Balaban J connectivity index is 2.06. The predicted octanol–water partition coefficient (Wildman–Crippen LogP) is 5.71. The number of hydroxylamine groups is 1. The molecule has 1 saturated carbocycles. The second-order valence-electron chi connectivity index (χ2n) is 9.90. The Hall–Kier alpha value is -0.340. The zero-order valence-corrected chi connectivity index (χ0v) is 15.6. The van der Waals surface area contributed by atoms with Gasteiger partial charge in [-0.3, -0.25) is 0 Å². The van der Waals surface area contributed by atoms with E-state index in [0.717, 1.165) is 31.1 Å². The van der Waals surface area contributed by atoms with E-state index in [2.05, 4.69) is 53.1 Å². The molecule has 0 aromatic carbocycles. The monoisotopic (exact) mass is 307 g/mol. The van der Waals surface area contributed by atoms with Crippen molar-refractivity contribution >= 4 is 0 Å². The number of hydrogen-bond donors (Lipinski definition) is 2. The van der Waals surface area contributed by atoms with E-state index in [9.17, 15) is 5.21 Å². The van der Waals surface area contributed by atoms with Crippen LogP contribution in [0.1, 0.15) is 86.5 Å². The zero-order chi connectivity index (χ0) is 16.6. The van der Waals surface area contributed by atoms with Crippen molar-refractivity contribution in [2.24, 2.45) is 22.7 Å². The average Bonchev–Trinajstić information content (AvgIpc) is 2.45. The molecule has 0 bridgehead atoms. The van der Waals surface area contributed by atoms with Crippen molar-refractivity contribution in [3.8, 4) is 0 Å². The molecule has 0 saturated heterocycles. The van der Waals surface area contributed by atoms with Crippen LogP contribution in [0.25, 0.3) is 0 Å². The summed E-state index contributed by atoms with van der Waals surface area (Å²) < 4.78 is 0. The Morgan fingerprint density at radius 1 is 0.955 bits per heavy atom. The van der Waals surface area contributed by atoms with Crippen LogP contribution in [-0.2, 0) is 0 Å². The minimum atomic E-state index is -0.134. The summed E-state index contributed by atoms with van der Waals surface area (Å²) in [7, 11) is 0. The molecule has 0 heterocycles. The van der Waals surface area contributed by atoms with Crippen LogP contribution in [0.5, 0.6) is 0 Å². The molecular weight excluding hydrogens is 270 g/mol. The van der Waals surface area contributed by atoms with Crippen molar-refractivity contribution in [1.82, 2.24) is 5.48 Å². The molecule has 2 aliphatic carbocycles. The van der Waals surface area contributed by atoms with Crippen molar-refractivity contribution < 1.29 is 5.21 Å². The van der Waals surface area contributed by atoms with E-state index in [4.69, 9.17) is 0 Å². The van der Waals surface area contributed by atoms with E-state index in [1.165, 1.54) is 31.3 Å². The minimum absolute atomic E-state index is 0.134. The quantitative estimate of drug-likeness (QED) is 0.505. The third-order valence-corrected chi connectivity index (χ3v) is 6.53. The van der Waals surface area contributed by atoms with E-state index in [1.807, 2.05) is 0 Å². The Morgan fingerprint density at radius 2 is 1.50 bits per heavy atom. The first kappa shape index (κ1) is 18.0. The Morgan fingerprint density at radius 3 is 1.86 bits per heavy atom. The maximum absolute atomic E-state index is 9.92. The molecule has 0 amide bonds. The molecule has 2 N–H and O–H groups in total. The number of rotatable bonds is 2. The summed E-state index contributed by atoms with van der Waals surface area (Å²) in [6, 6.07) is 0. The molecule has 0 aliphatic heterocycles. The summed E-state index contributed by atoms with van der Waals surface area (Å²) in [5, 5.41) is 9.92. The summed E-state index contributed by atoms with van der Waals surface area (Å²) in [6.07, 6.45) is 10.6. The molecule has 128 valence electrons. The van der Waals surface area contributed by atoms with Crippen LogP contribution in [-0.4, -0.2) is 10.7 Å². The first-order valence-corrected chi connectivity index (χ1v) is 9.19. The smallest absolute Gasteiger partial charge is 0.0638 e. The van der Waals surface area contributed by atoms with Crippen molar-refractivity contribution in [1.29, 1.82) is 0 Å². The van der Waals surface area contributed by atoms with E-state index in [0.29, 0.717) is 10.8 Å². The minimum Gasteiger partial charge on any atom is -0.316 e. The van der Waals surface area contributed by atoms with Gasteiger partial charge in [-0.15, -0.1) is 0 Å². The molecule has 1 atom stereocenters. The molecule has 1 fully saturated rings. The Labute approximate surface area is 137 Å². The van der Waals surface area contributed by atoms with Crippen molar-refractivity contribution in [3.05, 3.63) is 11.6 Å². The van der Waals surface area contributed by atoms with Crippen molar-refractivity contribution in [3.63, 3.8) is 0 Å². The lowest BCUT2D eigenvalue weighted by molar-refractivity contribution is 0.0273. The van der Waals surface area contributed by atoms with Gasteiger partial charge in [0.15, 0.2) is 0 Å². The second kappa shape index (κ2) is 6.28. The first-order valence-electron chi connectivity index (χ1n) is 9.19. The summed E-state index contributed by atoms with van der Waals surface area (Å²) in [6.45, 7) is 14.1. The van der Waals surface area contributed by atoms with Gasteiger partial charge in [-0.05, 0) is 67.6 Å². The van der Waals surface area contributed by atoms with Crippen LogP contribution in [0.15, 0.2) is 11.6 Å². The molecular formula is C20H37NO. The molecule has 0 radical (unpaired) electrons. The molecule has 2 nitrogen and oxygen atoms in total. The van der Waals surface area contributed by atoms with Crippen LogP contribution in [0, 0.1) is 22.7 Å². The molecule has 0 aromatic rings. The topological polar surface area (TPSA) is 32.3 Å². The summed E-state index contributed by atoms with van der Waals surface area (Å²) in [5.74, 6) is 1.55. The third kappa shape index (κ3) is 3.76. The molecule has 0 aromatic heterocycles. The van der Waals surface area contributed by atoms with Gasteiger partial charge in [-0.2, -0.15) is 5.48 Å². The van der Waals surface area contributed by atoms with Crippen LogP contribution in [0.2, 0.25) is 0 Å². The Kier molecular flexibility index (Phi) is 5.14. The number of allylic oxidation sites excluding steroid dienone is 1. The zero-order valence-electron chi connectivity index (χ0n) is 15.6. The lowest BCUT2D eigenvalue weighted by Crippen LogP contribution is -2.49. The lowest BCUT2D eigenvalue weighted by atomic mass is 9.63. The number of nitrogens with one attached hydrogen (secondary N) is 1. The van der Waals surface area contributed by atoms with Gasteiger partial charge in [0.1, 0.15) is 0 Å². The largest absolute Gasteiger partial charge is 0.316 e. The normalized spacial score (nSPS) is 34.4. The van der Waals surface area contributed by atoms with E-state index < -0.39 is 0 Å². The van der Waals surface area contributed by atoms with Crippen LogP contribution in [0.4, 0.5) is 0 Å². The highest BCUT2D eigenvalue weighted by Crippen LogP contribution is 2.47. The third-order valence-electron chi connectivity index (χ3n) is 6.53. The van der Waals surface area contributed by atoms with Crippen molar-refractivity contribution in [2.75, 3.05) is 0 Å². The van der Waals surface area contributed by atoms with Gasteiger partial charge in [-0.25, -0.2) is 0 Å². The molecule has 2 aliphatic rings. The fourth-order valence-corrected chi connectivity index (χ4v) is 4.54. The van der Waals surface area contributed by atoms with E-state index in [1.54, 1.807) is 0 Å². The second-order valence-corrected chi connectivity index (χ2v) is 9.90. The molecule has 2 rings (SSSR count). The van der Waals surface area contributed by atoms with Crippen LogP contribution in [0.3, 0.4) is 0 Å². The summed E-state index contributed by atoms with van der Waals surface area (Å²) in [5.41, 5.74) is 4.87. The summed E-state index contributed by atoms with van der Waals surface area (Å²) >= 11 is 0. The maximum atomic E-state index is 9.92. The highest BCUT2D eigenvalue weighted by atomic mass is 16.5. The van der Waals surface area contributed by atoms with Gasteiger partial charge >= 0.3 is 0 Å². The molecule has 0 spiro atoms. The fraction of sp³-hybridized carbons (Fsp3) is 0.900. The molecule has 2 heteroatoms. The van der Waals surface area contributed by atoms with Crippen LogP contribution >= 0.6 is 0 Å². The van der Waals surface area contributed by atoms with Crippen molar-refractivity contribution in [2.45, 2.75) is 92.0 Å². The standard InChI is InChI=1S/C20H37NO/c1-18(2,3)15-7-9-17(10-8-15)20(21-22)13-11-16(12-14-20)19(4,5)6/h9,15-16,21-22H,7-8,10-14H2,1-6H3. The predicted molar refractivity (Wildman–Crippen MR) is 93.9 cm³/mol. The fourth-order valence-electron chi connectivity index (χ4n) is 4.54. The Bertz CT molecular complexity index is 402. The van der Waals surface area contributed by atoms with Gasteiger partial charge in [0.2, 0.25) is 0 Å². The number of hydrogen-bond acceptors (Lipinski definition) is 2. The van der Waals surface area contributed by atoms with Gasteiger partial charge < -0.3 is 5.21 Å². The molecule has 22 heavy (non-hydrogen) atoms. The maximum Gasteiger partial charge on any atom is 0.0638 e. The lowest BCUT2D eigenvalue weighted by Gasteiger charge is -2.46. The highest BCUT2D eigenvalue weighted by molar-refractivity contribution is 5.23. The SMILES string of the molecule is CC(C)(C)C1CC=C(C2(NO)CCC(C(C)(C)C)CC2)CC1. The van der Waals surface area contributed by atoms with E-state index >= 15 is 0 Å². The van der Waals surface area contributed by atoms with Gasteiger partial charge in [0.05, 0.1) is 5.54 Å². The van der Waals surface area contributed by atoms with Gasteiger partial charge in [0.25, 0.3) is 0 Å². The van der Waals surface area contributed by atoms with Crippen LogP contribution < -0.4 is 5.48 Å². The van der Waals surface area contributed by atoms with Gasteiger partial charge in [0, 0.05) is 0 Å².